The van der Waals surface area contributed by atoms with E-state index in [0.717, 1.165) is 19.3 Å². The van der Waals surface area contributed by atoms with Gasteiger partial charge in [0, 0.05) is 6.54 Å². The summed E-state index contributed by atoms with van der Waals surface area (Å²) in [4.78, 5) is 21.7. The highest BCUT2D eigenvalue weighted by Crippen LogP contribution is 2.47. The van der Waals surface area contributed by atoms with Crippen LogP contribution >= 0.6 is 0 Å². The monoisotopic (exact) mass is 214 g/mol. The standard InChI is InChI=1S/C10H18N2O3/c1-3-10(4-5-10)6-11-9(15)12-7(2)8(13)14/h7H,3-6H2,1-2H3,(H,13,14)(H2,11,12,15)/t7-/m0/s1. The molecule has 0 heterocycles. The molecule has 0 saturated heterocycles. The number of aliphatic carboxylic acids is 1. The first kappa shape index (κ1) is 11.8. The van der Waals surface area contributed by atoms with Crippen LogP contribution in [0, 0.1) is 5.41 Å². The average molecular weight is 214 g/mol. The van der Waals surface area contributed by atoms with Gasteiger partial charge in [-0.1, -0.05) is 6.92 Å². The molecule has 0 unspecified atom stereocenters. The molecule has 1 aliphatic rings. The molecule has 15 heavy (non-hydrogen) atoms. The van der Waals surface area contributed by atoms with Gasteiger partial charge in [-0.15, -0.1) is 0 Å². The molecule has 0 aromatic heterocycles. The smallest absolute Gasteiger partial charge is 0.325 e. The van der Waals surface area contributed by atoms with Crippen LogP contribution in [0.25, 0.3) is 0 Å². The third-order valence-corrected chi connectivity index (χ3v) is 3.05. The van der Waals surface area contributed by atoms with Crippen LogP contribution in [0.1, 0.15) is 33.1 Å². The number of carboxylic acid groups (broad SMARTS) is 1. The van der Waals surface area contributed by atoms with Gasteiger partial charge in [-0.3, -0.25) is 4.79 Å². The Morgan fingerprint density at radius 1 is 1.47 bits per heavy atom. The molecular formula is C10H18N2O3. The van der Waals surface area contributed by atoms with Gasteiger partial charge in [0.2, 0.25) is 0 Å². The summed E-state index contributed by atoms with van der Waals surface area (Å²) in [6, 6.07) is -1.24. The van der Waals surface area contributed by atoms with E-state index in [-0.39, 0.29) is 5.41 Å². The predicted octanol–water partition coefficient (Wildman–Crippen LogP) is 0.949. The van der Waals surface area contributed by atoms with Gasteiger partial charge in [0.25, 0.3) is 0 Å². The van der Waals surface area contributed by atoms with Crippen molar-refractivity contribution in [3.05, 3.63) is 0 Å². The summed E-state index contributed by atoms with van der Waals surface area (Å²) in [5, 5.41) is 13.6. The summed E-state index contributed by atoms with van der Waals surface area (Å²) in [7, 11) is 0. The van der Waals surface area contributed by atoms with Crippen LogP contribution in [-0.4, -0.2) is 29.7 Å². The van der Waals surface area contributed by atoms with Gasteiger partial charge < -0.3 is 15.7 Å². The van der Waals surface area contributed by atoms with E-state index < -0.39 is 18.0 Å². The van der Waals surface area contributed by atoms with Crippen LogP contribution in [0.4, 0.5) is 4.79 Å². The summed E-state index contributed by atoms with van der Waals surface area (Å²) in [6.45, 7) is 4.18. The minimum atomic E-state index is -1.03. The fourth-order valence-electron chi connectivity index (χ4n) is 1.41. The van der Waals surface area contributed by atoms with E-state index >= 15 is 0 Å². The van der Waals surface area contributed by atoms with Gasteiger partial charge in [-0.05, 0) is 31.6 Å². The van der Waals surface area contributed by atoms with Crippen molar-refractivity contribution in [2.75, 3.05) is 6.54 Å². The van der Waals surface area contributed by atoms with Crippen LogP contribution < -0.4 is 10.6 Å². The maximum atomic E-state index is 11.3. The Balaban J connectivity index is 2.22. The number of hydrogen-bond donors (Lipinski definition) is 3. The minimum absolute atomic E-state index is 0.282. The fraction of sp³-hybridized carbons (Fsp3) is 0.800. The lowest BCUT2D eigenvalue weighted by Crippen LogP contribution is -2.45. The largest absolute Gasteiger partial charge is 0.480 e. The molecule has 1 atom stereocenters. The number of carboxylic acids is 1. The molecule has 1 saturated carbocycles. The Kier molecular flexibility index (Phi) is 3.55. The van der Waals surface area contributed by atoms with E-state index in [0.29, 0.717) is 6.54 Å². The first-order chi connectivity index (χ1) is 6.99. The molecule has 1 rings (SSSR count). The Labute approximate surface area is 89.2 Å². The highest BCUT2D eigenvalue weighted by molar-refractivity contribution is 5.82. The second-order valence-electron chi connectivity index (χ2n) is 4.24. The molecule has 5 heteroatoms. The molecule has 0 radical (unpaired) electrons. The van der Waals surface area contributed by atoms with E-state index in [1.165, 1.54) is 6.92 Å². The van der Waals surface area contributed by atoms with Crippen molar-refractivity contribution >= 4 is 12.0 Å². The van der Waals surface area contributed by atoms with Gasteiger partial charge in [0.1, 0.15) is 6.04 Å². The highest BCUT2D eigenvalue weighted by atomic mass is 16.4. The minimum Gasteiger partial charge on any atom is -0.480 e. The number of rotatable bonds is 5. The van der Waals surface area contributed by atoms with E-state index in [1.807, 2.05) is 0 Å². The summed E-state index contributed by atoms with van der Waals surface area (Å²) in [5.74, 6) is -1.03. The zero-order chi connectivity index (χ0) is 11.5. The number of hydrogen-bond acceptors (Lipinski definition) is 2. The number of carbonyl (C=O) groups excluding carboxylic acids is 1. The molecule has 2 amide bonds. The Bertz CT molecular complexity index is 261. The average Bonchev–Trinajstić information content (AvgIpc) is 2.95. The molecule has 0 aromatic carbocycles. The van der Waals surface area contributed by atoms with Gasteiger partial charge in [0.15, 0.2) is 0 Å². The van der Waals surface area contributed by atoms with Crippen LogP contribution in [-0.2, 0) is 4.79 Å². The van der Waals surface area contributed by atoms with Crippen molar-refractivity contribution in [2.24, 2.45) is 5.41 Å². The third kappa shape index (κ3) is 3.42. The molecule has 3 N–H and O–H groups in total. The van der Waals surface area contributed by atoms with Crippen molar-refractivity contribution in [3.63, 3.8) is 0 Å². The summed E-state index contributed by atoms with van der Waals surface area (Å²) in [5.41, 5.74) is 0.282. The first-order valence-corrected chi connectivity index (χ1v) is 5.26. The van der Waals surface area contributed by atoms with Gasteiger partial charge >= 0.3 is 12.0 Å². The number of nitrogens with one attached hydrogen (secondary N) is 2. The van der Waals surface area contributed by atoms with Crippen molar-refractivity contribution in [1.29, 1.82) is 0 Å². The highest BCUT2D eigenvalue weighted by Gasteiger charge is 2.40. The van der Waals surface area contributed by atoms with Crippen molar-refractivity contribution in [3.8, 4) is 0 Å². The van der Waals surface area contributed by atoms with Crippen LogP contribution in [0.3, 0.4) is 0 Å². The Morgan fingerprint density at radius 3 is 2.47 bits per heavy atom. The topological polar surface area (TPSA) is 78.4 Å². The third-order valence-electron chi connectivity index (χ3n) is 3.05. The van der Waals surface area contributed by atoms with Crippen molar-refractivity contribution < 1.29 is 14.7 Å². The zero-order valence-corrected chi connectivity index (χ0v) is 9.17. The molecule has 0 spiro atoms. The fourth-order valence-corrected chi connectivity index (χ4v) is 1.41. The molecule has 0 aliphatic heterocycles. The molecule has 1 fully saturated rings. The second-order valence-corrected chi connectivity index (χ2v) is 4.24. The van der Waals surface area contributed by atoms with E-state index in [4.69, 9.17) is 5.11 Å². The van der Waals surface area contributed by atoms with Gasteiger partial charge in [-0.2, -0.15) is 0 Å². The summed E-state index contributed by atoms with van der Waals surface area (Å²) >= 11 is 0. The quantitative estimate of drug-likeness (QED) is 0.637. The molecular weight excluding hydrogens is 196 g/mol. The van der Waals surface area contributed by atoms with Crippen LogP contribution in [0.5, 0.6) is 0 Å². The van der Waals surface area contributed by atoms with E-state index in [1.54, 1.807) is 0 Å². The number of urea groups is 1. The molecule has 0 aromatic rings. The maximum absolute atomic E-state index is 11.3. The lowest BCUT2D eigenvalue weighted by Gasteiger charge is -2.15. The van der Waals surface area contributed by atoms with Crippen molar-refractivity contribution in [2.45, 2.75) is 39.2 Å². The summed E-state index contributed by atoms with van der Waals surface area (Å²) < 4.78 is 0. The van der Waals surface area contributed by atoms with Gasteiger partial charge in [0.05, 0.1) is 0 Å². The Morgan fingerprint density at radius 2 is 2.07 bits per heavy atom. The Hall–Kier alpha value is -1.26. The second kappa shape index (κ2) is 4.51. The van der Waals surface area contributed by atoms with E-state index in [2.05, 4.69) is 17.6 Å². The molecule has 86 valence electrons. The summed E-state index contributed by atoms with van der Waals surface area (Å²) in [6.07, 6.45) is 3.36. The maximum Gasteiger partial charge on any atom is 0.325 e. The molecule has 0 bridgehead atoms. The number of amides is 2. The van der Waals surface area contributed by atoms with E-state index in [9.17, 15) is 9.59 Å². The lowest BCUT2D eigenvalue weighted by atomic mass is 10.0. The van der Waals surface area contributed by atoms with Gasteiger partial charge in [-0.25, -0.2) is 4.79 Å². The zero-order valence-electron chi connectivity index (χ0n) is 9.17. The lowest BCUT2D eigenvalue weighted by molar-refractivity contribution is -0.138. The van der Waals surface area contributed by atoms with Crippen LogP contribution in [0.2, 0.25) is 0 Å². The predicted molar refractivity (Wildman–Crippen MR) is 55.6 cm³/mol. The first-order valence-electron chi connectivity index (χ1n) is 5.26. The normalized spacial score (nSPS) is 19.1. The number of carbonyl (C=O) groups is 2. The molecule has 5 nitrogen and oxygen atoms in total. The molecule has 1 aliphatic carbocycles. The van der Waals surface area contributed by atoms with Crippen LogP contribution in [0.15, 0.2) is 0 Å². The van der Waals surface area contributed by atoms with Crippen molar-refractivity contribution in [1.82, 2.24) is 10.6 Å². The SMILES string of the molecule is CCC1(CNC(=O)N[C@@H](C)C(=O)O)CC1.